The Hall–Kier alpha value is -3.42. The van der Waals surface area contributed by atoms with E-state index < -0.39 is 60.2 Å². The molecule has 0 saturated carbocycles. The average Bonchev–Trinajstić information content (AvgIpc) is 2.67. The molecule has 0 radical (unpaired) electrons. The molecule has 0 saturated heterocycles. The zero-order valence-electron chi connectivity index (χ0n) is 18.5. The van der Waals surface area contributed by atoms with Crippen LogP contribution in [0.25, 0.3) is 0 Å². The predicted octanol–water partition coefficient (Wildman–Crippen LogP) is -3.54. The van der Waals surface area contributed by atoms with Gasteiger partial charge in [-0.2, -0.15) is 0 Å². The molecule has 0 aliphatic heterocycles. The first kappa shape index (κ1) is 28.6. The molecule has 0 aromatic rings. The largest absolute Gasteiger partial charge is 0.480 e. The number of carbonyl (C=O) groups is 5. The minimum absolute atomic E-state index is 0.119. The summed E-state index contributed by atoms with van der Waals surface area (Å²) >= 11 is 0. The van der Waals surface area contributed by atoms with Crippen molar-refractivity contribution in [1.82, 2.24) is 16.0 Å². The summed E-state index contributed by atoms with van der Waals surface area (Å²) in [5, 5.41) is 16.1. The molecule has 4 atom stereocenters. The van der Waals surface area contributed by atoms with Crippen molar-refractivity contribution in [2.45, 2.75) is 64.2 Å². The number of rotatable bonds is 14. The van der Waals surface area contributed by atoms with Crippen molar-refractivity contribution >= 4 is 35.6 Å². The number of hydrogen-bond acceptors (Lipinski definition) is 7. The molecule has 0 aliphatic rings. The van der Waals surface area contributed by atoms with Crippen LogP contribution in [0.4, 0.5) is 0 Å². The van der Waals surface area contributed by atoms with Crippen molar-refractivity contribution < 1.29 is 29.1 Å². The van der Waals surface area contributed by atoms with Crippen LogP contribution in [0.5, 0.6) is 0 Å². The Balaban J connectivity index is 5.19. The van der Waals surface area contributed by atoms with Gasteiger partial charge in [0.15, 0.2) is 5.96 Å². The van der Waals surface area contributed by atoms with Crippen LogP contribution in [0.2, 0.25) is 0 Å². The second kappa shape index (κ2) is 13.8. The summed E-state index contributed by atoms with van der Waals surface area (Å²) in [7, 11) is 0. The number of hydrogen-bond donors (Lipinski definition) is 8. The highest BCUT2D eigenvalue weighted by molar-refractivity contribution is 5.94. The number of primary amides is 1. The molecule has 4 unspecified atom stereocenters. The maximum absolute atomic E-state index is 12.7. The van der Waals surface area contributed by atoms with Crippen molar-refractivity contribution in [3.05, 3.63) is 0 Å². The molecule has 182 valence electrons. The zero-order valence-corrected chi connectivity index (χ0v) is 18.5. The molecule has 0 aromatic carbocycles. The van der Waals surface area contributed by atoms with Gasteiger partial charge in [-0.3, -0.25) is 24.2 Å². The van der Waals surface area contributed by atoms with E-state index >= 15 is 0 Å². The lowest BCUT2D eigenvalue weighted by atomic mass is 10.0. The highest BCUT2D eigenvalue weighted by Gasteiger charge is 2.29. The lowest BCUT2D eigenvalue weighted by Gasteiger charge is -2.24. The van der Waals surface area contributed by atoms with E-state index in [0.29, 0.717) is 6.42 Å². The number of carboxylic acids is 1. The molecule has 14 heteroatoms. The van der Waals surface area contributed by atoms with Gasteiger partial charge in [0, 0.05) is 6.54 Å². The number of aliphatic carboxylic acids is 1. The van der Waals surface area contributed by atoms with E-state index in [1.807, 2.05) is 0 Å². The first-order valence-corrected chi connectivity index (χ1v) is 9.99. The van der Waals surface area contributed by atoms with Crippen LogP contribution in [-0.2, 0) is 24.0 Å². The van der Waals surface area contributed by atoms with Crippen molar-refractivity contribution in [3.8, 4) is 0 Å². The number of nitrogens with zero attached hydrogens (tertiary/aromatic N) is 1. The molecule has 14 nitrogen and oxygen atoms in total. The van der Waals surface area contributed by atoms with Crippen molar-refractivity contribution in [3.63, 3.8) is 0 Å². The van der Waals surface area contributed by atoms with Gasteiger partial charge in [0.1, 0.15) is 18.1 Å². The fraction of sp³-hybridized carbons (Fsp3) is 0.667. The second-order valence-electron chi connectivity index (χ2n) is 7.58. The van der Waals surface area contributed by atoms with Gasteiger partial charge in [-0.1, -0.05) is 13.8 Å². The van der Waals surface area contributed by atoms with Crippen LogP contribution in [0.15, 0.2) is 4.99 Å². The third-order valence-electron chi connectivity index (χ3n) is 4.37. The number of nitrogens with one attached hydrogen (secondary N) is 3. The molecule has 0 aliphatic carbocycles. The van der Waals surface area contributed by atoms with E-state index in [1.54, 1.807) is 13.8 Å². The molecule has 0 rings (SSSR count). The summed E-state index contributed by atoms with van der Waals surface area (Å²) in [5.74, 6) is -4.76. The van der Waals surface area contributed by atoms with Gasteiger partial charge < -0.3 is 44.0 Å². The van der Waals surface area contributed by atoms with E-state index in [2.05, 4.69) is 20.9 Å². The maximum atomic E-state index is 12.7. The summed E-state index contributed by atoms with van der Waals surface area (Å²) in [6.45, 7) is 5.01. The summed E-state index contributed by atoms with van der Waals surface area (Å²) in [6.07, 6.45) is -0.126. The molecular weight excluding hydrogens is 424 g/mol. The standard InChI is InChI=1S/C18H34N8O6/c1-8(2)13(20)16(30)25-10(5-4-6-23-18(21)22)15(29)24-9(3)14(28)26-11(17(31)32)7-12(19)27/h8-11,13H,4-7,20H2,1-3H3,(H2,19,27)(H,24,29)(H,25,30)(H,26,28)(H,31,32)(H4,21,22,23). The maximum Gasteiger partial charge on any atom is 0.326 e. The van der Waals surface area contributed by atoms with Gasteiger partial charge >= 0.3 is 5.97 Å². The zero-order chi connectivity index (χ0) is 25.0. The van der Waals surface area contributed by atoms with Crippen molar-refractivity contribution in [2.75, 3.05) is 6.54 Å². The monoisotopic (exact) mass is 458 g/mol. The SMILES string of the molecule is CC(NC(=O)C(CCCN=C(N)N)NC(=O)C(N)C(C)C)C(=O)NC(CC(N)=O)C(=O)O. The number of carbonyl (C=O) groups excluding carboxylic acids is 4. The molecule has 32 heavy (non-hydrogen) atoms. The minimum Gasteiger partial charge on any atom is -0.480 e. The fourth-order valence-corrected chi connectivity index (χ4v) is 2.42. The predicted molar refractivity (Wildman–Crippen MR) is 116 cm³/mol. The number of guanidine groups is 1. The molecule has 0 bridgehead atoms. The van der Waals surface area contributed by atoms with Gasteiger partial charge in [0.05, 0.1) is 12.5 Å². The topological polar surface area (TPSA) is 258 Å². The highest BCUT2D eigenvalue weighted by Crippen LogP contribution is 2.04. The Morgan fingerprint density at radius 1 is 0.875 bits per heavy atom. The van der Waals surface area contributed by atoms with E-state index in [9.17, 15) is 24.0 Å². The van der Waals surface area contributed by atoms with Crippen LogP contribution in [0.1, 0.15) is 40.0 Å². The fourth-order valence-electron chi connectivity index (χ4n) is 2.42. The summed E-state index contributed by atoms with van der Waals surface area (Å²) in [4.78, 5) is 63.2. The molecule has 12 N–H and O–H groups in total. The van der Waals surface area contributed by atoms with Gasteiger partial charge in [-0.25, -0.2) is 4.79 Å². The Morgan fingerprint density at radius 3 is 1.91 bits per heavy atom. The third kappa shape index (κ3) is 11.1. The Kier molecular flexibility index (Phi) is 12.3. The molecule has 0 aromatic heterocycles. The van der Waals surface area contributed by atoms with Gasteiger partial charge in [0.25, 0.3) is 0 Å². The van der Waals surface area contributed by atoms with Crippen LogP contribution >= 0.6 is 0 Å². The normalized spacial score (nSPS) is 14.4. The highest BCUT2D eigenvalue weighted by atomic mass is 16.4. The third-order valence-corrected chi connectivity index (χ3v) is 4.37. The van der Waals surface area contributed by atoms with Gasteiger partial charge in [0.2, 0.25) is 23.6 Å². The van der Waals surface area contributed by atoms with Gasteiger partial charge in [-0.05, 0) is 25.7 Å². The molecule has 4 amide bonds. The lowest BCUT2D eigenvalue weighted by molar-refractivity contribution is -0.143. The molecular formula is C18H34N8O6. The number of carboxylic acid groups (broad SMARTS) is 1. The van der Waals surface area contributed by atoms with Crippen molar-refractivity contribution in [2.24, 2.45) is 33.8 Å². The van der Waals surface area contributed by atoms with Crippen LogP contribution in [0.3, 0.4) is 0 Å². The summed E-state index contributed by atoms with van der Waals surface area (Å²) in [5.41, 5.74) is 21.3. The molecule has 0 heterocycles. The molecule has 0 fully saturated rings. The van der Waals surface area contributed by atoms with Crippen LogP contribution < -0.4 is 38.9 Å². The number of amides is 4. The van der Waals surface area contributed by atoms with E-state index in [1.165, 1.54) is 6.92 Å². The van der Waals surface area contributed by atoms with E-state index in [4.69, 9.17) is 28.0 Å². The van der Waals surface area contributed by atoms with Crippen LogP contribution in [0, 0.1) is 5.92 Å². The van der Waals surface area contributed by atoms with Crippen molar-refractivity contribution in [1.29, 1.82) is 0 Å². The Morgan fingerprint density at radius 2 is 1.44 bits per heavy atom. The van der Waals surface area contributed by atoms with Crippen LogP contribution in [-0.4, -0.2) is 71.4 Å². The van der Waals surface area contributed by atoms with E-state index in [-0.39, 0.29) is 24.8 Å². The number of aliphatic imine (C=N–C) groups is 1. The number of nitrogens with two attached hydrogens (primary N) is 4. The minimum atomic E-state index is -1.54. The smallest absolute Gasteiger partial charge is 0.326 e. The Bertz CT molecular complexity index is 722. The first-order valence-electron chi connectivity index (χ1n) is 9.99. The van der Waals surface area contributed by atoms with Gasteiger partial charge in [-0.15, -0.1) is 0 Å². The second-order valence-corrected chi connectivity index (χ2v) is 7.58. The lowest BCUT2D eigenvalue weighted by Crippen LogP contribution is -2.57. The quantitative estimate of drug-likeness (QED) is 0.0726. The molecule has 0 spiro atoms. The van der Waals surface area contributed by atoms with E-state index in [0.717, 1.165) is 0 Å². The summed E-state index contributed by atoms with van der Waals surface area (Å²) in [6, 6.07) is -4.61. The summed E-state index contributed by atoms with van der Waals surface area (Å²) < 4.78 is 0. The first-order chi connectivity index (χ1) is 14.8. The Labute approximate surface area is 185 Å². The average molecular weight is 459 g/mol.